The first-order chi connectivity index (χ1) is 11.7. The molecule has 0 saturated carbocycles. The van der Waals surface area contributed by atoms with E-state index < -0.39 is 6.10 Å². The van der Waals surface area contributed by atoms with E-state index in [1.54, 1.807) is 12.7 Å². The van der Waals surface area contributed by atoms with Crippen LogP contribution in [0.5, 0.6) is 5.75 Å². The summed E-state index contributed by atoms with van der Waals surface area (Å²) in [5.74, 6) is 0.869. The fraction of sp³-hybridized carbons (Fsp3) is 0.500. The second-order valence-corrected chi connectivity index (χ2v) is 6.21. The molecule has 0 aliphatic carbocycles. The molecule has 0 radical (unpaired) electrons. The number of para-hydroxylation sites is 1. The quantitative estimate of drug-likeness (QED) is 0.846. The fourth-order valence-corrected chi connectivity index (χ4v) is 3.11. The Morgan fingerprint density at radius 1 is 1.33 bits per heavy atom. The molecule has 3 rings (SSSR count). The van der Waals surface area contributed by atoms with E-state index in [0.717, 1.165) is 37.2 Å². The van der Waals surface area contributed by atoms with Crippen LogP contribution in [0.25, 0.3) is 0 Å². The van der Waals surface area contributed by atoms with Crippen molar-refractivity contribution >= 4 is 5.91 Å². The number of aryl methyl sites for hydroxylation is 1. The van der Waals surface area contributed by atoms with Gasteiger partial charge in [-0.15, -0.1) is 0 Å². The number of ether oxygens (including phenoxy) is 1. The number of rotatable bonds is 5. The van der Waals surface area contributed by atoms with Gasteiger partial charge in [-0.05, 0) is 37.8 Å². The summed E-state index contributed by atoms with van der Waals surface area (Å²) in [5.41, 5.74) is 1.05. The number of benzene rings is 1. The number of carbonyl (C=O) groups excluding carboxylic acids is 1. The molecule has 1 aromatic heterocycles. The second-order valence-electron chi connectivity index (χ2n) is 6.21. The molecule has 1 fully saturated rings. The first-order valence-electron chi connectivity index (χ1n) is 8.54. The molecule has 24 heavy (non-hydrogen) atoms. The van der Waals surface area contributed by atoms with Crippen LogP contribution in [-0.2, 0) is 4.79 Å². The number of piperidine rings is 1. The number of hydrogen-bond donors (Lipinski definition) is 0. The Morgan fingerprint density at radius 3 is 2.71 bits per heavy atom. The Bertz CT molecular complexity index is 663. The van der Waals surface area contributed by atoms with Crippen molar-refractivity contribution in [2.24, 2.45) is 0 Å². The highest BCUT2D eigenvalue weighted by Crippen LogP contribution is 2.24. The van der Waals surface area contributed by atoms with Crippen LogP contribution in [0.1, 0.15) is 37.8 Å². The number of amides is 1. The van der Waals surface area contributed by atoms with Crippen molar-refractivity contribution in [3.8, 4) is 5.75 Å². The minimum absolute atomic E-state index is 0.0813. The summed E-state index contributed by atoms with van der Waals surface area (Å²) in [7, 11) is 0. The van der Waals surface area contributed by atoms with Crippen molar-refractivity contribution in [2.75, 3.05) is 13.1 Å². The number of hydrogen-bond acceptors (Lipinski definition) is 4. The summed E-state index contributed by atoms with van der Waals surface area (Å²) in [6.07, 6.45) is 5.34. The van der Waals surface area contributed by atoms with Gasteiger partial charge in [0.25, 0.3) is 5.91 Å². The van der Waals surface area contributed by atoms with Gasteiger partial charge in [0.2, 0.25) is 0 Å². The van der Waals surface area contributed by atoms with Crippen molar-refractivity contribution in [3.05, 3.63) is 42.5 Å². The normalized spacial score (nSPS) is 16.8. The number of carbonyl (C=O) groups is 1. The maximum absolute atomic E-state index is 12.8. The van der Waals surface area contributed by atoms with Gasteiger partial charge in [-0.3, -0.25) is 4.79 Å². The molecule has 0 spiro atoms. The lowest BCUT2D eigenvalue weighted by Crippen LogP contribution is -2.46. The predicted octanol–water partition coefficient (Wildman–Crippen LogP) is 2.61. The SMILES string of the molecule is CCC(Oc1ccccc1C)C(=O)N1CCC(n2cncn2)CC1. The summed E-state index contributed by atoms with van der Waals surface area (Å²) >= 11 is 0. The fourth-order valence-electron chi connectivity index (χ4n) is 3.11. The largest absolute Gasteiger partial charge is 0.480 e. The molecule has 2 aromatic rings. The molecule has 1 aliphatic rings. The van der Waals surface area contributed by atoms with Crippen LogP contribution in [-0.4, -0.2) is 44.8 Å². The van der Waals surface area contributed by atoms with Crippen LogP contribution in [0.3, 0.4) is 0 Å². The van der Waals surface area contributed by atoms with E-state index in [1.807, 2.05) is 47.7 Å². The number of nitrogens with zero attached hydrogens (tertiary/aromatic N) is 4. The van der Waals surface area contributed by atoms with Crippen LogP contribution < -0.4 is 4.74 Å². The average Bonchev–Trinajstić information content (AvgIpc) is 3.15. The third-order valence-electron chi connectivity index (χ3n) is 4.60. The molecule has 0 N–H and O–H groups in total. The van der Waals surface area contributed by atoms with E-state index in [9.17, 15) is 4.79 Å². The van der Waals surface area contributed by atoms with Crippen LogP contribution in [0.4, 0.5) is 0 Å². The van der Waals surface area contributed by atoms with Crippen molar-refractivity contribution < 1.29 is 9.53 Å². The molecule has 6 nitrogen and oxygen atoms in total. The summed E-state index contributed by atoms with van der Waals surface area (Å²) < 4.78 is 7.88. The highest BCUT2D eigenvalue weighted by atomic mass is 16.5. The zero-order valence-corrected chi connectivity index (χ0v) is 14.3. The lowest BCUT2D eigenvalue weighted by molar-refractivity contribution is -0.140. The topological polar surface area (TPSA) is 60.2 Å². The molecule has 6 heteroatoms. The summed E-state index contributed by atoms with van der Waals surface area (Å²) in [5, 5.41) is 4.20. The van der Waals surface area contributed by atoms with Gasteiger partial charge in [0, 0.05) is 13.1 Å². The zero-order valence-electron chi connectivity index (χ0n) is 14.3. The summed E-state index contributed by atoms with van der Waals surface area (Å²) in [4.78, 5) is 18.7. The van der Waals surface area contributed by atoms with E-state index in [-0.39, 0.29) is 5.91 Å². The van der Waals surface area contributed by atoms with Gasteiger partial charge in [-0.25, -0.2) is 9.67 Å². The molecular weight excluding hydrogens is 304 g/mol. The third-order valence-corrected chi connectivity index (χ3v) is 4.60. The maximum Gasteiger partial charge on any atom is 0.263 e. The smallest absolute Gasteiger partial charge is 0.263 e. The Kier molecular flexibility index (Phi) is 5.13. The molecule has 2 heterocycles. The monoisotopic (exact) mass is 328 g/mol. The highest BCUT2D eigenvalue weighted by molar-refractivity contribution is 5.81. The highest BCUT2D eigenvalue weighted by Gasteiger charge is 2.29. The van der Waals surface area contributed by atoms with Gasteiger partial charge in [-0.1, -0.05) is 25.1 Å². The summed E-state index contributed by atoms with van der Waals surface area (Å²) in [6.45, 7) is 5.45. The molecule has 1 aliphatic heterocycles. The molecule has 1 atom stereocenters. The van der Waals surface area contributed by atoms with Crippen molar-refractivity contribution in [2.45, 2.75) is 45.3 Å². The average molecular weight is 328 g/mol. The standard InChI is InChI=1S/C18H24N4O2/c1-3-16(24-17-7-5-4-6-14(17)2)18(23)21-10-8-15(9-11-21)22-13-19-12-20-22/h4-7,12-13,15-16H,3,8-11H2,1-2H3. The van der Waals surface area contributed by atoms with Gasteiger partial charge in [0.15, 0.2) is 6.10 Å². The van der Waals surface area contributed by atoms with Gasteiger partial charge in [-0.2, -0.15) is 5.10 Å². The van der Waals surface area contributed by atoms with E-state index in [4.69, 9.17) is 4.74 Å². The van der Waals surface area contributed by atoms with E-state index in [2.05, 4.69) is 10.1 Å². The third kappa shape index (κ3) is 3.58. The number of aromatic nitrogens is 3. The molecule has 0 bridgehead atoms. The molecular formula is C18H24N4O2. The molecule has 1 unspecified atom stereocenters. The summed E-state index contributed by atoms with van der Waals surface area (Å²) in [6, 6.07) is 8.15. The molecule has 128 valence electrons. The first kappa shape index (κ1) is 16.5. The van der Waals surface area contributed by atoms with Gasteiger partial charge in [0.05, 0.1) is 6.04 Å². The minimum atomic E-state index is -0.422. The second kappa shape index (κ2) is 7.47. The molecule has 1 saturated heterocycles. The van der Waals surface area contributed by atoms with Gasteiger partial charge < -0.3 is 9.64 Å². The lowest BCUT2D eigenvalue weighted by atomic mass is 10.0. The lowest BCUT2D eigenvalue weighted by Gasteiger charge is -2.34. The molecule has 1 amide bonds. The minimum Gasteiger partial charge on any atom is -0.480 e. The Balaban J connectivity index is 1.60. The van der Waals surface area contributed by atoms with E-state index >= 15 is 0 Å². The van der Waals surface area contributed by atoms with Crippen LogP contribution in [0.15, 0.2) is 36.9 Å². The maximum atomic E-state index is 12.8. The Hall–Kier alpha value is -2.37. The Labute approximate surface area is 142 Å². The van der Waals surface area contributed by atoms with Crippen molar-refractivity contribution in [3.63, 3.8) is 0 Å². The predicted molar refractivity (Wildman–Crippen MR) is 90.8 cm³/mol. The number of likely N-dealkylation sites (tertiary alicyclic amines) is 1. The van der Waals surface area contributed by atoms with Crippen LogP contribution >= 0.6 is 0 Å². The molecule has 1 aromatic carbocycles. The van der Waals surface area contributed by atoms with Crippen LogP contribution in [0, 0.1) is 6.92 Å². The van der Waals surface area contributed by atoms with Crippen molar-refractivity contribution in [1.82, 2.24) is 19.7 Å². The van der Waals surface area contributed by atoms with Crippen LogP contribution in [0.2, 0.25) is 0 Å². The zero-order chi connectivity index (χ0) is 16.9. The van der Waals surface area contributed by atoms with Gasteiger partial charge >= 0.3 is 0 Å². The van der Waals surface area contributed by atoms with Crippen molar-refractivity contribution in [1.29, 1.82) is 0 Å². The Morgan fingerprint density at radius 2 is 2.08 bits per heavy atom. The first-order valence-corrected chi connectivity index (χ1v) is 8.54. The van der Waals surface area contributed by atoms with E-state index in [1.165, 1.54) is 0 Å². The van der Waals surface area contributed by atoms with Gasteiger partial charge in [0.1, 0.15) is 18.4 Å². The van der Waals surface area contributed by atoms with E-state index in [0.29, 0.717) is 12.5 Å².